The first kappa shape index (κ1) is 14.9. The van der Waals surface area contributed by atoms with E-state index in [1.54, 1.807) is 13.8 Å². The minimum absolute atomic E-state index is 0.217. The van der Waals surface area contributed by atoms with Crippen LogP contribution in [0.3, 0.4) is 0 Å². The molecule has 0 spiro atoms. The summed E-state index contributed by atoms with van der Waals surface area (Å²) in [5, 5.41) is 19.4. The molecule has 1 aromatic heterocycles. The summed E-state index contributed by atoms with van der Waals surface area (Å²) in [6, 6.07) is 0. The second kappa shape index (κ2) is 6.70. The summed E-state index contributed by atoms with van der Waals surface area (Å²) in [7, 11) is 0. The van der Waals surface area contributed by atoms with Crippen molar-refractivity contribution in [1.29, 1.82) is 0 Å². The zero-order chi connectivity index (χ0) is 13.7. The average Bonchev–Trinajstić information content (AvgIpc) is 2.29. The maximum Gasteiger partial charge on any atom is 0.133 e. The lowest BCUT2D eigenvalue weighted by molar-refractivity contribution is 0.499. The summed E-state index contributed by atoms with van der Waals surface area (Å²) in [5.41, 5.74) is 0. The molecule has 1 heterocycles. The molecule has 0 aliphatic heterocycles. The van der Waals surface area contributed by atoms with E-state index in [0.717, 1.165) is 9.34 Å². The first-order chi connectivity index (χ1) is 8.51. The molecule has 0 amide bonds. The van der Waals surface area contributed by atoms with Crippen LogP contribution in [0, 0.1) is 0 Å². The highest BCUT2D eigenvalue weighted by Gasteiger charge is 2.00. The Kier molecular flexibility index (Phi) is 5.55. The van der Waals surface area contributed by atoms with E-state index in [4.69, 9.17) is 0 Å². The highest BCUT2D eigenvalue weighted by Crippen LogP contribution is 1.86. The van der Waals surface area contributed by atoms with Crippen LogP contribution in [0.15, 0.2) is 9.98 Å². The lowest BCUT2D eigenvalue weighted by Gasteiger charge is -1.96. The van der Waals surface area contributed by atoms with Gasteiger partial charge in [0, 0.05) is 13.1 Å². The van der Waals surface area contributed by atoms with Crippen LogP contribution in [-0.2, 0) is 0 Å². The Bertz CT molecular complexity index is 605. The molecule has 0 fully saturated rings. The molecular formula is C12H18N2O2S2. The lowest BCUT2D eigenvalue weighted by Crippen LogP contribution is -2.35. The Morgan fingerprint density at radius 2 is 1.28 bits per heavy atom. The number of aliphatic hydroxyl groups excluding tert-OH is 2. The number of aliphatic hydroxyl groups is 2. The molecule has 2 N–H and O–H groups in total. The average molecular weight is 286 g/mol. The molecule has 1 rings (SSSR count). The molecule has 0 aliphatic rings. The zero-order valence-electron chi connectivity index (χ0n) is 11.0. The maximum absolute atomic E-state index is 9.71. The molecular weight excluding hydrogens is 268 g/mol. The molecule has 18 heavy (non-hydrogen) atoms. The summed E-state index contributed by atoms with van der Waals surface area (Å²) < 4.78 is 2.92. The highest BCUT2D eigenvalue weighted by atomic mass is 32.1. The molecule has 1 aromatic rings. The van der Waals surface area contributed by atoms with Crippen molar-refractivity contribution < 1.29 is 10.2 Å². The maximum atomic E-state index is 9.71. The molecule has 0 bridgehead atoms. The fourth-order valence-electron chi connectivity index (χ4n) is 1.33. The van der Waals surface area contributed by atoms with Gasteiger partial charge in [0.05, 0.1) is 0 Å². The smallest absolute Gasteiger partial charge is 0.133 e. The van der Waals surface area contributed by atoms with Crippen LogP contribution in [0.4, 0.5) is 0 Å². The van der Waals surface area contributed by atoms with Gasteiger partial charge in [-0.1, -0.05) is 11.3 Å². The summed E-state index contributed by atoms with van der Waals surface area (Å²) in [6.07, 6.45) is 0. The number of hydrogen-bond donors (Lipinski definition) is 2. The van der Waals surface area contributed by atoms with Crippen molar-refractivity contribution >= 4 is 34.2 Å². The van der Waals surface area contributed by atoms with Gasteiger partial charge in [0.2, 0.25) is 0 Å². The van der Waals surface area contributed by atoms with Crippen molar-refractivity contribution in [2.24, 2.45) is 9.98 Å². The summed E-state index contributed by atoms with van der Waals surface area (Å²) in [6.45, 7) is 8.44. The monoisotopic (exact) mass is 286 g/mol. The van der Waals surface area contributed by atoms with Crippen molar-refractivity contribution in [3.8, 4) is 0 Å². The quantitative estimate of drug-likeness (QED) is 0.852. The summed E-state index contributed by atoms with van der Waals surface area (Å²) in [4.78, 5) is 8.74. The zero-order valence-corrected chi connectivity index (χ0v) is 12.7. The van der Waals surface area contributed by atoms with Gasteiger partial charge in [-0.05, 0) is 27.7 Å². The first-order valence-corrected chi connectivity index (χ1v) is 7.39. The number of rotatable bonds is 2. The van der Waals surface area contributed by atoms with E-state index >= 15 is 0 Å². The Hall–Kier alpha value is -1.14. The third kappa shape index (κ3) is 3.43. The van der Waals surface area contributed by atoms with Gasteiger partial charge in [-0.2, -0.15) is 0 Å². The molecule has 4 nitrogen and oxygen atoms in total. The third-order valence-corrected chi connectivity index (χ3v) is 4.74. The minimum Gasteiger partial charge on any atom is -0.511 e. The number of nitrogens with zero attached hydrogens (tertiary/aromatic N) is 2. The fourth-order valence-corrected chi connectivity index (χ4v) is 3.68. The molecule has 0 aliphatic carbocycles. The van der Waals surface area contributed by atoms with Crippen LogP contribution < -0.4 is 18.4 Å². The van der Waals surface area contributed by atoms with Crippen LogP contribution in [0.5, 0.6) is 0 Å². The Morgan fingerprint density at radius 3 is 1.56 bits per heavy atom. The van der Waals surface area contributed by atoms with Crippen molar-refractivity contribution in [2.45, 2.75) is 27.7 Å². The molecule has 0 radical (unpaired) electrons. The van der Waals surface area contributed by atoms with Crippen LogP contribution in [0.25, 0.3) is 11.5 Å². The predicted octanol–water partition coefficient (Wildman–Crippen LogP) is 1.02. The van der Waals surface area contributed by atoms with E-state index in [2.05, 4.69) is 9.98 Å². The fraction of sp³-hybridized carbons (Fsp3) is 0.500. The first-order valence-electron chi connectivity index (χ1n) is 5.76. The highest BCUT2D eigenvalue weighted by molar-refractivity contribution is 7.14. The van der Waals surface area contributed by atoms with E-state index in [0.29, 0.717) is 22.2 Å². The van der Waals surface area contributed by atoms with Crippen LogP contribution in [-0.4, -0.2) is 23.3 Å². The van der Waals surface area contributed by atoms with Gasteiger partial charge in [0.25, 0.3) is 0 Å². The molecule has 0 aromatic carbocycles. The van der Waals surface area contributed by atoms with E-state index in [9.17, 15) is 10.2 Å². The predicted molar refractivity (Wildman–Crippen MR) is 77.1 cm³/mol. The van der Waals surface area contributed by atoms with Gasteiger partial charge >= 0.3 is 0 Å². The molecule has 6 heteroatoms. The van der Waals surface area contributed by atoms with Crippen molar-refractivity contribution in [3.05, 3.63) is 18.4 Å². The minimum atomic E-state index is 0.217. The van der Waals surface area contributed by atoms with E-state index in [1.165, 1.54) is 22.7 Å². The van der Waals surface area contributed by atoms with E-state index < -0.39 is 0 Å². The van der Waals surface area contributed by atoms with Gasteiger partial charge in [-0.3, -0.25) is 9.98 Å². The Morgan fingerprint density at radius 1 is 0.889 bits per heavy atom. The summed E-state index contributed by atoms with van der Waals surface area (Å²) in [5.74, 6) is 0.433. The number of hydrogen-bond acceptors (Lipinski definition) is 6. The second-order valence-electron chi connectivity index (χ2n) is 3.59. The Balaban J connectivity index is 4.01. The van der Waals surface area contributed by atoms with Gasteiger partial charge in [-0.15, -0.1) is 11.3 Å². The molecule has 0 saturated heterocycles. The van der Waals surface area contributed by atoms with Crippen LogP contribution in [0.1, 0.15) is 27.7 Å². The lowest BCUT2D eigenvalue weighted by atomic mass is 10.5. The largest absolute Gasteiger partial charge is 0.511 e. The second-order valence-corrected chi connectivity index (χ2v) is 5.59. The van der Waals surface area contributed by atoms with E-state index in [-0.39, 0.29) is 11.5 Å². The Labute approximate surface area is 114 Å². The topological polar surface area (TPSA) is 65.2 Å². The van der Waals surface area contributed by atoms with Crippen LogP contribution >= 0.6 is 22.7 Å². The van der Waals surface area contributed by atoms with Crippen molar-refractivity contribution in [2.75, 3.05) is 13.1 Å². The van der Waals surface area contributed by atoms with Gasteiger partial charge < -0.3 is 10.2 Å². The van der Waals surface area contributed by atoms with Gasteiger partial charge in [0.15, 0.2) is 0 Å². The molecule has 0 atom stereocenters. The standard InChI is InChI=1S/C12H18N2O2S2/c1-5-13-11-9(7(3)15)17-10(8(4)16)12(18-11)14-6-2/h15-16H,5-6H2,1-4H3/b9-7-,10-8+,13-11?,14-12?. The van der Waals surface area contributed by atoms with Gasteiger partial charge in [0.1, 0.15) is 29.9 Å². The summed E-state index contributed by atoms with van der Waals surface area (Å²) >= 11 is 2.72. The normalized spacial score (nSPS) is 16.9. The van der Waals surface area contributed by atoms with Crippen molar-refractivity contribution in [3.63, 3.8) is 0 Å². The molecule has 100 valence electrons. The SMILES string of the molecule is CCN=c1sc(=NCC)/c(=C(/C)O)s/c1=C(/C)O. The molecule has 0 saturated carbocycles. The molecule has 0 unspecified atom stereocenters. The van der Waals surface area contributed by atoms with E-state index in [1.807, 2.05) is 13.8 Å². The van der Waals surface area contributed by atoms with Crippen LogP contribution in [0.2, 0.25) is 0 Å². The van der Waals surface area contributed by atoms with Crippen molar-refractivity contribution in [1.82, 2.24) is 0 Å². The third-order valence-electron chi connectivity index (χ3n) is 2.05. The van der Waals surface area contributed by atoms with Gasteiger partial charge in [-0.25, -0.2) is 0 Å².